The first kappa shape index (κ1) is 12.7. The number of aromatic hydroxyl groups is 1. The number of benzene rings is 1. The second-order valence-electron chi connectivity index (χ2n) is 3.12. The molecule has 90 valence electrons. The highest BCUT2D eigenvalue weighted by Crippen LogP contribution is 2.32. The zero-order valence-electron chi connectivity index (χ0n) is 9.61. The standard InChI is InChI=1S/C12H13NO4/c1-4-5-13-9-7-10(14)8(12(15)17-3)6-11(9)16-2/h1,6-7,13-14H,5H2,2-3H3. The number of anilines is 1. The van der Waals surface area contributed by atoms with Crippen LogP contribution >= 0.6 is 0 Å². The summed E-state index contributed by atoms with van der Waals surface area (Å²) in [6.07, 6.45) is 5.12. The quantitative estimate of drug-likeness (QED) is 0.607. The average molecular weight is 235 g/mol. The summed E-state index contributed by atoms with van der Waals surface area (Å²) in [5.74, 6) is 1.96. The second kappa shape index (κ2) is 5.66. The summed E-state index contributed by atoms with van der Waals surface area (Å²) in [6, 6.07) is 2.75. The molecule has 0 unspecified atom stereocenters. The Morgan fingerprint density at radius 3 is 2.76 bits per heavy atom. The lowest BCUT2D eigenvalue weighted by atomic mass is 10.1. The van der Waals surface area contributed by atoms with Crippen molar-refractivity contribution >= 4 is 11.7 Å². The molecule has 5 nitrogen and oxygen atoms in total. The highest BCUT2D eigenvalue weighted by molar-refractivity contribution is 5.94. The first-order chi connectivity index (χ1) is 8.13. The molecular formula is C12H13NO4. The van der Waals surface area contributed by atoms with Gasteiger partial charge in [-0.15, -0.1) is 6.42 Å². The number of esters is 1. The van der Waals surface area contributed by atoms with Crippen LogP contribution in [0.5, 0.6) is 11.5 Å². The van der Waals surface area contributed by atoms with Crippen molar-refractivity contribution in [1.82, 2.24) is 0 Å². The van der Waals surface area contributed by atoms with Crippen LogP contribution in [0, 0.1) is 12.3 Å². The maximum Gasteiger partial charge on any atom is 0.341 e. The number of hydrogen-bond acceptors (Lipinski definition) is 5. The van der Waals surface area contributed by atoms with Crippen molar-refractivity contribution in [1.29, 1.82) is 0 Å². The minimum absolute atomic E-state index is 0.0376. The number of rotatable bonds is 4. The predicted octanol–water partition coefficient (Wildman–Crippen LogP) is 1.23. The van der Waals surface area contributed by atoms with E-state index in [2.05, 4.69) is 16.0 Å². The van der Waals surface area contributed by atoms with E-state index >= 15 is 0 Å². The summed E-state index contributed by atoms with van der Waals surface area (Å²) < 4.78 is 9.61. The molecule has 0 aliphatic heterocycles. The zero-order chi connectivity index (χ0) is 12.8. The fraction of sp³-hybridized carbons (Fsp3) is 0.250. The molecule has 0 aromatic heterocycles. The van der Waals surface area contributed by atoms with Gasteiger partial charge in [0.1, 0.15) is 17.1 Å². The number of ether oxygens (including phenoxy) is 2. The predicted molar refractivity (Wildman–Crippen MR) is 63.3 cm³/mol. The van der Waals surface area contributed by atoms with E-state index in [9.17, 15) is 9.90 Å². The van der Waals surface area contributed by atoms with Crippen LogP contribution in [0.2, 0.25) is 0 Å². The fourth-order valence-electron chi connectivity index (χ4n) is 1.30. The van der Waals surface area contributed by atoms with Gasteiger partial charge in [-0.25, -0.2) is 4.79 Å². The van der Waals surface area contributed by atoms with Gasteiger partial charge in [-0.1, -0.05) is 5.92 Å². The van der Waals surface area contributed by atoms with Gasteiger partial charge in [0.2, 0.25) is 0 Å². The third kappa shape index (κ3) is 2.82. The van der Waals surface area contributed by atoms with Crippen molar-refractivity contribution in [2.45, 2.75) is 0 Å². The lowest BCUT2D eigenvalue weighted by Gasteiger charge is -2.12. The molecule has 0 radical (unpaired) electrons. The van der Waals surface area contributed by atoms with E-state index in [-0.39, 0.29) is 17.9 Å². The van der Waals surface area contributed by atoms with Crippen LogP contribution in [0.15, 0.2) is 12.1 Å². The molecule has 0 fully saturated rings. The van der Waals surface area contributed by atoms with E-state index in [0.717, 1.165) is 0 Å². The summed E-state index contributed by atoms with van der Waals surface area (Å²) in [6.45, 7) is 0.285. The van der Waals surface area contributed by atoms with Gasteiger partial charge in [0.15, 0.2) is 0 Å². The Labute approximate surface area is 99.4 Å². The molecule has 5 heteroatoms. The summed E-state index contributed by atoms with van der Waals surface area (Å²) in [7, 11) is 2.69. The van der Waals surface area contributed by atoms with Crippen LogP contribution in [-0.2, 0) is 4.74 Å². The van der Waals surface area contributed by atoms with E-state index in [1.165, 1.54) is 26.4 Å². The van der Waals surface area contributed by atoms with E-state index in [4.69, 9.17) is 11.2 Å². The Bertz CT molecular complexity index is 462. The smallest absolute Gasteiger partial charge is 0.341 e. The van der Waals surface area contributed by atoms with Gasteiger partial charge in [-0.2, -0.15) is 0 Å². The van der Waals surface area contributed by atoms with Gasteiger partial charge >= 0.3 is 5.97 Å². The third-order valence-electron chi connectivity index (χ3n) is 2.10. The summed E-state index contributed by atoms with van der Waals surface area (Å²) in [4.78, 5) is 11.3. The topological polar surface area (TPSA) is 67.8 Å². The lowest BCUT2D eigenvalue weighted by Crippen LogP contribution is -2.05. The van der Waals surface area contributed by atoms with Gasteiger partial charge in [0.05, 0.1) is 26.5 Å². The zero-order valence-corrected chi connectivity index (χ0v) is 9.61. The van der Waals surface area contributed by atoms with Crippen LogP contribution in [0.4, 0.5) is 5.69 Å². The van der Waals surface area contributed by atoms with Crippen LogP contribution in [0.25, 0.3) is 0 Å². The van der Waals surface area contributed by atoms with Crippen molar-refractivity contribution in [2.24, 2.45) is 0 Å². The lowest BCUT2D eigenvalue weighted by molar-refractivity contribution is 0.0597. The Balaban J connectivity index is 3.15. The minimum atomic E-state index is -0.635. The fourth-order valence-corrected chi connectivity index (χ4v) is 1.30. The largest absolute Gasteiger partial charge is 0.507 e. The maximum absolute atomic E-state index is 11.3. The minimum Gasteiger partial charge on any atom is -0.507 e. The number of carbonyl (C=O) groups is 1. The molecule has 2 N–H and O–H groups in total. The first-order valence-electron chi connectivity index (χ1n) is 4.80. The molecule has 0 amide bonds. The van der Waals surface area contributed by atoms with Gasteiger partial charge < -0.3 is 19.9 Å². The third-order valence-corrected chi connectivity index (χ3v) is 2.10. The molecule has 0 saturated heterocycles. The number of carbonyl (C=O) groups excluding carboxylic acids is 1. The maximum atomic E-state index is 11.3. The van der Waals surface area contributed by atoms with Crippen molar-refractivity contribution in [3.05, 3.63) is 17.7 Å². The average Bonchev–Trinajstić information content (AvgIpc) is 2.35. The van der Waals surface area contributed by atoms with E-state index < -0.39 is 5.97 Å². The van der Waals surface area contributed by atoms with E-state index in [1.807, 2.05) is 0 Å². The van der Waals surface area contributed by atoms with Crippen LogP contribution in [-0.4, -0.2) is 31.8 Å². The second-order valence-corrected chi connectivity index (χ2v) is 3.12. The molecule has 0 aliphatic carbocycles. The molecule has 0 atom stereocenters. The van der Waals surface area contributed by atoms with Crippen molar-refractivity contribution in [3.63, 3.8) is 0 Å². The molecule has 17 heavy (non-hydrogen) atoms. The summed E-state index contributed by atoms with van der Waals surface area (Å²) >= 11 is 0. The number of methoxy groups -OCH3 is 2. The van der Waals surface area contributed by atoms with Crippen molar-refractivity contribution in [3.8, 4) is 23.8 Å². The number of phenolic OH excluding ortho intramolecular Hbond substituents is 1. The van der Waals surface area contributed by atoms with Crippen LogP contribution in [0.3, 0.4) is 0 Å². The Morgan fingerprint density at radius 2 is 2.24 bits per heavy atom. The highest BCUT2D eigenvalue weighted by atomic mass is 16.5. The number of phenols is 1. The van der Waals surface area contributed by atoms with Crippen molar-refractivity contribution < 1.29 is 19.4 Å². The molecule has 0 bridgehead atoms. The Kier molecular flexibility index (Phi) is 4.23. The molecule has 1 aromatic carbocycles. The van der Waals surface area contributed by atoms with Crippen molar-refractivity contribution in [2.75, 3.05) is 26.1 Å². The molecule has 0 spiro atoms. The molecule has 0 heterocycles. The van der Waals surface area contributed by atoms with Gasteiger partial charge in [-0.05, 0) is 0 Å². The van der Waals surface area contributed by atoms with Gasteiger partial charge in [0, 0.05) is 12.1 Å². The normalized spacial score (nSPS) is 9.24. The molecule has 1 rings (SSSR count). The highest BCUT2D eigenvalue weighted by Gasteiger charge is 2.16. The first-order valence-corrected chi connectivity index (χ1v) is 4.80. The number of terminal acetylenes is 1. The van der Waals surface area contributed by atoms with Gasteiger partial charge in [0.25, 0.3) is 0 Å². The van der Waals surface area contributed by atoms with Crippen LogP contribution in [0.1, 0.15) is 10.4 Å². The van der Waals surface area contributed by atoms with Gasteiger partial charge in [-0.3, -0.25) is 0 Å². The SMILES string of the molecule is C#CCNc1cc(O)c(C(=O)OC)cc1OC. The molecule has 1 aromatic rings. The number of nitrogens with one attached hydrogen (secondary N) is 1. The molecule has 0 saturated carbocycles. The van der Waals surface area contributed by atoms with Crippen LogP contribution < -0.4 is 10.1 Å². The summed E-state index contributed by atoms with van der Waals surface area (Å²) in [5.41, 5.74) is 0.547. The Hall–Kier alpha value is -2.35. The monoisotopic (exact) mass is 235 g/mol. The van der Waals surface area contributed by atoms with E-state index in [0.29, 0.717) is 11.4 Å². The Morgan fingerprint density at radius 1 is 1.53 bits per heavy atom. The number of hydrogen-bond donors (Lipinski definition) is 2. The molecular weight excluding hydrogens is 222 g/mol. The summed E-state index contributed by atoms with van der Waals surface area (Å²) in [5, 5.41) is 12.5. The van der Waals surface area contributed by atoms with E-state index in [1.54, 1.807) is 0 Å². The molecule has 0 aliphatic rings.